The number of carbonyl (C=O) groups is 1. The van der Waals surface area contributed by atoms with Crippen molar-refractivity contribution < 1.29 is 4.79 Å². The Balaban J connectivity index is 1.84. The van der Waals surface area contributed by atoms with E-state index >= 15 is 0 Å². The van der Waals surface area contributed by atoms with Gasteiger partial charge in [-0.25, -0.2) is 0 Å². The van der Waals surface area contributed by atoms with Crippen LogP contribution in [0.5, 0.6) is 0 Å². The second-order valence-corrected chi connectivity index (χ2v) is 6.17. The van der Waals surface area contributed by atoms with Crippen molar-refractivity contribution in [3.05, 3.63) is 60.2 Å². The lowest BCUT2D eigenvalue weighted by molar-refractivity contribution is -0.110. The number of aryl methyl sites for hydroxylation is 1. The Morgan fingerprint density at radius 1 is 1.12 bits per heavy atom. The minimum absolute atomic E-state index is 0.173. The number of aromatic nitrogens is 4. The zero-order valence-corrected chi connectivity index (χ0v) is 14.6. The number of hydrogen-bond acceptors (Lipinski definition) is 7. The lowest BCUT2D eigenvalue weighted by atomic mass is 10.2. The third-order valence-electron chi connectivity index (χ3n) is 3.35. The summed E-state index contributed by atoms with van der Waals surface area (Å²) in [6.07, 6.45) is 0. The zero-order chi connectivity index (χ0) is 17.6. The van der Waals surface area contributed by atoms with Gasteiger partial charge in [0.25, 0.3) is 0 Å². The van der Waals surface area contributed by atoms with Gasteiger partial charge in [0.05, 0.1) is 11.4 Å². The molecule has 0 saturated heterocycles. The van der Waals surface area contributed by atoms with Crippen molar-refractivity contribution >= 4 is 28.3 Å². The maximum Gasteiger partial charge on any atom is 0.220 e. The number of hydrazone groups is 1. The minimum atomic E-state index is -0.173. The van der Waals surface area contributed by atoms with E-state index in [1.807, 2.05) is 61.5 Å². The number of para-hydroxylation sites is 2. The van der Waals surface area contributed by atoms with Crippen molar-refractivity contribution in [2.24, 2.45) is 5.10 Å². The monoisotopic (exact) mass is 352 g/mol. The molecule has 0 unspecified atom stereocenters. The van der Waals surface area contributed by atoms with Crippen LogP contribution in [-0.4, -0.2) is 31.0 Å². The van der Waals surface area contributed by atoms with Crippen LogP contribution in [-0.2, 0) is 4.79 Å². The fraction of sp³-hybridized carbons (Fsp3) is 0.118. The number of tetrazole rings is 1. The highest BCUT2D eigenvalue weighted by molar-refractivity contribution is 8.15. The molecule has 0 saturated carbocycles. The van der Waals surface area contributed by atoms with Gasteiger partial charge in [0.15, 0.2) is 10.8 Å². The van der Waals surface area contributed by atoms with E-state index in [4.69, 9.17) is 0 Å². The third-order valence-corrected chi connectivity index (χ3v) is 4.36. The van der Waals surface area contributed by atoms with Gasteiger partial charge in [0.1, 0.15) is 0 Å². The normalized spacial score (nSPS) is 11.4. The molecule has 3 rings (SSSR count). The molecule has 1 N–H and O–H groups in total. The Bertz CT molecular complexity index is 906. The Morgan fingerprint density at radius 3 is 2.56 bits per heavy atom. The summed E-state index contributed by atoms with van der Waals surface area (Å²) in [5.74, 6) is -0.173. The van der Waals surface area contributed by atoms with Crippen LogP contribution in [0.3, 0.4) is 0 Å². The summed E-state index contributed by atoms with van der Waals surface area (Å²) in [5, 5.41) is 16.6. The minimum Gasteiger partial charge on any atom is -0.292 e. The quantitative estimate of drug-likeness (QED) is 0.329. The number of Topliss-reactive ketones (excluding diaryl/α,β-unsaturated/α-hetero) is 1. The van der Waals surface area contributed by atoms with Crippen LogP contribution in [0.15, 0.2) is 64.9 Å². The van der Waals surface area contributed by atoms with E-state index in [1.165, 1.54) is 6.92 Å². The Labute approximate surface area is 149 Å². The number of thioether (sulfide) groups is 1. The molecule has 0 radical (unpaired) electrons. The fourth-order valence-electron chi connectivity index (χ4n) is 2.04. The fourth-order valence-corrected chi connectivity index (χ4v) is 2.76. The van der Waals surface area contributed by atoms with Crippen LogP contribution in [0.25, 0.3) is 5.69 Å². The summed E-state index contributed by atoms with van der Waals surface area (Å²) in [4.78, 5) is 12.0. The molecule has 7 nitrogen and oxygen atoms in total. The van der Waals surface area contributed by atoms with E-state index in [2.05, 4.69) is 26.1 Å². The number of benzene rings is 2. The Kier molecular flexibility index (Phi) is 5.20. The number of nitrogens with zero attached hydrogens (tertiary/aromatic N) is 5. The maximum absolute atomic E-state index is 12.0. The average molecular weight is 352 g/mol. The molecule has 0 atom stereocenters. The van der Waals surface area contributed by atoms with Crippen molar-refractivity contribution in [3.63, 3.8) is 0 Å². The van der Waals surface area contributed by atoms with Crippen molar-refractivity contribution in [3.8, 4) is 5.69 Å². The van der Waals surface area contributed by atoms with Crippen molar-refractivity contribution in [2.45, 2.75) is 19.0 Å². The molecular weight excluding hydrogens is 336 g/mol. The highest BCUT2D eigenvalue weighted by Gasteiger charge is 2.16. The van der Waals surface area contributed by atoms with E-state index in [-0.39, 0.29) is 10.8 Å². The van der Waals surface area contributed by atoms with Crippen molar-refractivity contribution in [2.75, 3.05) is 5.43 Å². The van der Waals surface area contributed by atoms with E-state index < -0.39 is 0 Å². The second-order valence-electron chi connectivity index (χ2n) is 5.21. The smallest absolute Gasteiger partial charge is 0.220 e. The molecule has 2 aromatic carbocycles. The van der Waals surface area contributed by atoms with Gasteiger partial charge in [0.2, 0.25) is 5.16 Å². The molecule has 126 valence electrons. The van der Waals surface area contributed by atoms with Crippen LogP contribution in [0.4, 0.5) is 5.69 Å². The van der Waals surface area contributed by atoms with Gasteiger partial charge in [-0.05, 0) is 52.9 Å². The summed E-state index contributed by atoms with van der Waals surface area (Å²) in [5.41, 5.74) is 5.62. The molecule has 1 aromatic heterocycles. The van der Waals surface area contributed by atoms with Crippen LogP contribution < -0.4 is 5.43 Å². The van der Waals surface area contributed by atoms with Crippen LogP contribution in [0.1, 0.15) is 12.5 Å². The highest BCUT2D eigenvalue weighted by Crippen LogP contribution is 2.21. The average Bonchev–Trinajstić information content (AvgIpc) is 3.08. The molecule has 3 aromatic rings. The largest absolute Gasteiger partial charge is 0.292 e. The van der Waals surface area contributed by atoms with Gasteiger partial charge in [-0.2, -0.15) is 9.78 Å². The van der Waals surface area contributed by atoms with Gasteiger partial charge in [-0.15, -0.1) is 5.10 Å². The highest BCUT2D eigenvalue weighted by atomic mass is 32.2. The predicted molar refractivity (Wildman–Crippen MR) is 97.9 cm³/mol. The summed E-state index contributed by atoms with van der Waals surface area (Å²) >= 11 is 1.11. The van der Waals surface area contributed by atoms with Crippen LogP contribution in [0, 0.1) is 6.92 Å². The van der Waals surface area contributed by atoms with Gasteiger partial charge in [-0.1, -0.05) is 36.4 Å². The molecular formula is C17H16N6OS. The summed E-state index contributed by atoms with van der Waals surface area (Å²) < 4.78 is 1.57. The zero-order valence-electron chi connectivity index (χ0n) is 13.7. The first-order valence-electron chi connectivity index (χ1n) is 7.57. The molecule has 1 heterocycles. The number of ketones is 1. The van der Waals surface area contributed by atoms with Crippen LogP contribution >= 0.6 is 11.8 Å². The number of nitrogens with one attached hydrogen (secondary N) is 1. The number of anilines is 1. The molecule has 0 bridgehead atoms. The van der Waals surface area contributed by atoms with Gasteiger partial charge in [-0.3, -0.25) is 10.2 Å². The summed E-state index contributed by atoms with van der Waals surface area (Å²) in [7, 11) is 0. The molecule has 0 amide bonds. The first-order valence-corrected chi connectivity index (χ1v) is 8.38. The molecule has 0 aliphatic carbocycles. The van der Waals surface area contributed by atoms with E-state index in [9.17, 15) is 4.79 Å². The lowest BCUT2D eigenvalue weighted by Crippen LogP contribution is -2.10. The van der Waals surface area contributed by atoms with E-state index in [0.29, 0.717) is 5.16 Å². The van der Waals surface area contributed by atoms with Crippen molar-refractivity contribution in [1.29, 1.82) is 0 Å². The Morgan fingerprint density at radius 2 is 1.84 bits per heavy atom. The van der Waals surface area contributed by atoms with Gasteiger partial charge < -0.3 is 0 Å². The molecule has 8 heteroatoms. The maximum atomic E-state index is 12.0. The topological polar surface area (TPSA) is 85.1 Å². The predicted octanol–water partition coefficient (Wildman–Crippen LogP) is 3.08. The Hall–Kier alpha value is -3.00. The lowest BCUT2D eigenvalue weighted by Gasteiger charge is -2.07. The van der Waals surface area contributed by atoms with E-state index in [0.717, 1.165) is 28.7 Å². The number of rotatable bonds is 5. The number of hydrogen-bond donors (Lipinski definition) is 1. The standard InChI is InChI=1S/C17H16N6OS/c1-12-8-6-7-11-15(12)18-19-16(13(2)24)25-17-20-21-22-23(17)14-9-4-3-5-10-14/h3-11,18H,1-2H3/b19-16-. The number of carbonyl (C=O) groups excluding carboxylic acids is 1. The van der Waals surface area contributed by atoms with Gasteiger partial charge in [0, 0.05) is 6.92 Å². The first kappa shape index (κ1) is 16.8. The SMILES string of the molecule is CC(=O)/C(=N/Nc1ccccc1C)Sc1nnnn1-c1ccccc1. The second kappa shape index (κ2) is 7.71. The molecule has 25 heavy (non-hydrogen) atoms. The van der Waals surface area contributed by atoms with Crippen molar-refractivity contribution in [1.82, 2.24) is 20.2 Å². The molecule has 0 fully saturated rings. The molecule has 0 aliphatic heterocycles. The molecule has 0 aliphatic rings. The summed E-state index contributed by atoms with van der Waals surface area (Å²) in [6.45, 7) is 3.43. The third kappa shape index (κ3) is 4.10. The molecule has 0 spiro atoms. The van der Waals surface area contributed by atoms with Crippen LogP contribution in [0.2, 0.25) is 0 Å². The summed E-state index contributed by atoms with van der Waals surface area (Å²) in [6, 6.07) is 17.2. The van der Waals surface area contributed by atoms with Gasteiger partial charge >= 0.3 is 0 Å². The first-order chi connectivity index (χ1) is 12.1. The van der Waals surface area contributed by atoms with E-state index in [1.54, 1.807) is 4.68 Å².